The summed E-state index contributed by atoms with van der Waals surface area (Å²) < 4.78 is 28.8. The van der Waals surface area contributed by atoms with Crippen LogP contribution in [0.3, 0.4) is 0 Å². The molecule has 0 saturated heterocycles. The largest absolute Gasteiger partial charge is 0.324 e. The highest BCUT2D eigenvalue weighted by Gasteiger charge is 2.34. The van der Waals surface area contributed by atoms with Crippen LogP contribution in [0.2, 0.25) is 0 Å². The van der Waals surface area contributed by atoms with Gasteiger partial charge in [0.15, 0.2) is 0 Å². The second kappa shape index (κ2) is 9.88. The molecule has 1 aliphatic carbocycles. The Morgan fingerprint density at radius 1 is 1.16 bits per heavy atom. The lowest BCUT2D eigenvalue weighted by Gasteiger charge is -2.33. The molecule has 0 radical (unpaired) electrons. The molecule has 0 aromatic heterocycles. The number of rotatable bonds is 7. The first-order chi connectivity index (χ1) is 14.7. The summed E-state index contributed by atoms with van der Waals surface area (Å²) in [6.07, 6.45) is 4.24. The topological polar surface area (TPSA) is 110 Å². The number of nitrogens with one attached hydrogen (secondary N) is 1. The molecule has 3 rings (SSSR count). The molecule has 10 heteroatoms. The number of amides is 1. The number of carbonyl (C=O) groups is 1. The molecule has 1 amide bonds. The summed E-state index contributed by atoms with van der Waals surface area (Å²) in [4.78, 5) is 23.6. The number of benzene rings is 2. The van der Waals surface area contributed by atoms with Crippen molar-refractivity contribution in [1.82, 2.24) is 4.31 Å². The van der Waals surface area contributed by atoms with Crippen molar-refractivity contribution in [3.63, 3.8) is 0 Å². The molecule has 166 valence electrons. The van der Waals surface area contributed by atoms with Gasteiger partial charge in [-0.3, -0.25) is 14.9 Å². The van der Waals surface area contributed by atoms with E-state index in [4.69, 9.17) is 0 Å². The number of nitro groups is 1. The smallest absolute Gasteiger partial charge is 0.274 e. The van der Waals surface area contributed by atoms with Gasteiger partial charge in [0, 0.05) is 16.6 Å². The van der Waals surface area contributed by atoms with Gasteiger partial charge in [-0.15, -0.1) is 0 Å². The summed E-state index contributed by atoms with van der Waals surface area (Å²) in [5.41, 5.74) is 0.508. The molecular formula is C21H24BrN3O5S. The summed E-state index contributed by atoms with van der Waals surface area (Å²) >= 11 is 3.31. The molecule has 0 heterocycles. The molecule has 2 aromatic carbocycles. The summed E-state index contributed by atoms with van der Waals surface area (Å²) in [6.45, 7) is 1.19. The van der Waals surface area contributed by atoms with Crippen molar-refractivity contribution in [2.24, 2.45) is 0 Å². The lowest BCUT2D eigenvalue weighted by molar-refractivity contribution is -0.385. The highest BCUT2D eigenvalue weighted by molar-refractivity contribution is 9.10. The second-order valence-corrected chi connectivity index (χ2v) is 10.4. The maximum Gasteiger partial charge on any atom is 0.274 e. The number of hydrogen-bond donors (Lipinski definition) is 1. The predicted molar refractivity (Wildman–Crippen MR) is 121 cm³/mol. The van der Waals surface area contributed by atoms with Crippen LogP contribution in [0.5, 0.6) is 0 Å². The Kier molecular flexibility index (Phi) is 7.45. The fraction of sp³-hybridized carbons (Fsp3) is 0.381. The Hall–Kier alpha value is -2.30. The van der Waals surface area contributed by atoms with Crippen molar-refractivity contribution >= 4 is 43.2 Å². The number of hydrogen-bond acceptors (Lipinski definition) is 5. The van der Waals surface area contributed by atoms with Crippen LogP contribution in [0.25, 0.3) is 0 Å². The van der Waals surface area contributed by atoms with Gasteiger partial charge in [0.25, 0.3) is 5.69 Å². The Morgan fingerprint density at radius 2 is 1.81 bits per heavy atom. The van der Waals surface area contributed by atoms with E-state index in [2.05, 4.69) is 21.2 Å². The highest BCUT2D eigenvalue weighted by Crippen LogP contribution is 2.29. The van der Waals surface area contributed by atoms with Crippen LogP contribution < -0.4 is 5.32 Å². The Bertz CT molecular complexity index is 1070. The van der Waals surface area contributed by atoms with E-state index in [9.17, 15) is 23.3 Å². The predicted octanol–water partition coefficient (Wildman–Crippen LogP) is 4.63. The maximum atomic E-state index is 13.4. The van der Waals surface area contributed by atoms with Gasteiger partial charge >= 0.3 is 0 Å². The van der Waals surface area contributed by atoms with Crippen LogP contribution in [0.1, 0.15) is 37.7 Å². The Labute approximate surface area is 190 Å². The first-order valence-corrected chi connectivity index (χ1v) is 12.2. The van der Waals surface area contributed by atoms with E-state index in [1.807, 2.05) is 0 Å². The summed E-state index contributed by atoms with van der Waals surface area (Å²) in [5, 5.41) is 13.8. The molecule has 0 unspecified atom stereocenters. The molecule has 2 aromatic rings. The molecule has 0 bridgehead atoms. The van der Waals surface area contributed by atoms with Crippen LogP contribution in [0.15, 0.2) is 51.8 Å². The maximum absolute atomic E-state index is 13.4. The molecule has 1 N–H and O–H groups in total. The van der Waals surface area contributed by atoms with Gasteiger partial charge in [-0.25, -0.2) is 8.42 Å². The number of carbonyl (C=O) groups excluding carboxylic acids is 1. The van der Waals surface area contributed by atoms with Crippen molar-refractivity contribution in [3.8, 4) is 0 Å². The lowest BCUT2D eigenvalue weighted by atomic mass is 9.95. The van der Waals surface area contributed by atoms with Gasteiger partial charge in [-0.1, -0.05) is 41.3 Å². The van der Waals surface area contributed by atoms with E-state index < -0.39 is 20.9 Å². The molecule has 1 saturated carbocycles. The van der Waals surface area contributed by atoms with Gasteiger partial charge < -0.3 is 5.32 Å². The van der Waals surface area contributed by atoms with E-state index in [1.165, 1.54) is 28.6 Å². The lowest BCUT2D eigenvalue weighted by Crippen LogP contribution is -2.45. The average molecular weight is 510 g/mol. The standard InChI is InChI=1S/C21H24BrN3O5S/c1-15-19(8-5-9-20(15)25(27)28)23-21(26)14-24(17-6-3-2-4-7-17)31(29,30)18-12-10-16(22)11-13-18/h5,8-13,17H,2-4,6-7,14H2,1H3,(H,23,26). The van der Waals surface area contributed by atoms with Crippen LogP contribution in [0.4, 0.5) is 11.4 Å². The molecule has 8 nitrogen and oxygen atoms in total. The summed E-state index contributed by atoms with van der Waals surface area (Å²) in [5.74, 6) is -0.533. The number of halogens is 1. The second-order valence-electron chi connectivity index (χ2n) is 7.55. The molecule has 0 atom stereocenters. The molecule has 31 heavy (non-hydrogen) atoms. The molecule has 0 spiro atoms. The zero-order chi connectivity index (χ0) is 22.6. The normalized spacial score (nSPS) is 15.1. The molecule has 1 fully saturated rings. The molecular weight excluding hydrogens is 486 g/mol. The fourth-order valence-electron chi connectivity index (χ4n) is 3.81. The van der Waals surface area contributed by atoms with E-state index in [1.54, 1.807) is 25.1 Å². The van der Waals surface area contributed by atoms with Gasteiger partial charge in [0.2, 0.25) is 15.9 Å². The van der Waals surface area contributed by atoms with Crippen molar-refractivity contribution in [2.75, 3.05) is 11.9 Å². The highest BCUT2D eigenvalue weighted by atomic mass is 79.9. The van der Waals surface area contributed by atoms with Gasteiger partial charge in [-0.05, 0) is 50.1 Å². The van der Waals surface area contributed by atoms with Crippen molar-refractivity contribution in [2.45, 2.75) is 50.0 Å². The SMILES string of the molecule is Cc1c(NC(=O)CN(C2CCCCC2)S(=O)(=O)c2ccc(Br)cc2)cccc1[N+](=O)[O-]. The first kappa shape index (κ1) is 23.4. The van der Waals surface area contributed by atoms with Crippen LogP contribution in [-0.2, 0) is 14.8 Å². The Morgan fingerprint density at radius 3 is 2.42 bits per heavy atom. The van der Waals surface area contributed by atoms with Gasteiger partial charge in [-0.2, -0.15) is 4.31 Å². The zero-order valence-electron chi connectivity index (χ0n) is 17.1. The average Bonchev–Trinajstić information content (AvgIpc) is 2.74. The van der Waals surface area contributed by atoms with Crippen molar-refractivity contribution in [3.05, 3.63) is 62.6 Å². The third-order valence-corrected chi connectivity index (χ3v) is 7.92. The number of anilines is 1. The summed E-state index contributed by atoms with van der Waals surface area (Å²) in [6, 6.07) is 10.5. The minimum absolute atomic E-state index is 0.107. The van der Waals surface area contributed by atoms with E-state index in [0.717, 1.165) is 23.7 Å². The minimum atomic E-state index is -3.89. The van der Waals surface area contributed by atoms with Crippen LogP contribution in [0, 0.1) is 17.0 Å². The first-order valence-electron chi connectivity index (χ1n) is 10.0. The van der Waals surface area contributed by atoms with Gasteiger partial charge in [0.1, 0.15) is 0 Å². The monoisotopic (exact) mass is 509 g/mol. The van der Waals surface area contributed by atoms with E-state index in [0.29, 0.717) is 24.1 Å². The number of nitrogens with zero attached hydrogens (tertiary/aromatic N) is 2. The minimum Gasteiger partial charge on any atom is -0.324 e. The summed E-state index contributed by atoms with van der Waals surface area (Å²) in [7, 11) is -3.89. The fourth-order valence-corrected chi connectivity index (χ4v) is 5.71. The number of sulfonamides is 1. The van der Waals surface area contributed by atoms with Gasteiger partial charge in [0.05, 0.1) is 27.6 Å². The van der Waals surface area contributed by atoms with E-state index in [-0.39, 0.29) is 23.2 Å². The quantitative estimate of drug-likeness (QED) is 0.432. The number of nitro benzene ring substituents is 1. The zero-order valence-corrected chi connectivity index (χ0v) is 19.5. The van der Waals surface area contributed by atoms with Crippen molar-refractivity contribution in [1.29, 1.82) is 0 Å². The van der Waals surface area contributed by atoms with Crippen LogP contribution in [-0.4, -0.2) is 36.1 Å². The van der Waals surface area contributed by atoms with E-state index >= 15 is 0 Å². The molecule has 0 aliphatic heterocycles. The molecule has 1 aliphatic rings. The Balaban J connectivity index is 1.87. The van der Waals surface area contributed by atoms with Crippen molar-refractivity contribution < 1.29 is 18.1 Å². The third kappa shape index (κ3) is 5.50. The third-order valence-electron chi connectivity index (χ3n) is 5.48. The van der Waals surface area contributed by atoms with Crippen LogP contribution >= 0.6 is 15.9 Å².